The Labute approximate surface area is 56.7 Å². The van der Waals surface area contributed by atoms with Gasteiger partial charge in [0.25, 0.3) is 0 Å². The van der Waals surface area contributed by atoms with E-state index in [4.69, 9.17) is 4.74 Å². The minimum absolute atomic E-state index is 0.742. The maximum atomic E-state index is 5.33. The Hall–Kier alpha value is -0.460. The van der Waals surface area contributed by atoms with Gasteiger partial charge in [0.05, 0.1) is 12.4 Å². The van der Waals surface area contributed by atoms with Gasteiger partial charge in [0.2, 0.25) is 0 Å². The van der Waals surface area contributed by atoms with Crippen LogP contribution in [0.3, 0.4) is 0 Å². The zero-order chi connectivity index (χ0) is 6.69. The van der Waals surface area contributed by atoms with Crippen molar-refractivity contribution in [2.45, 2.75) is 26.7 Å². The third kappa shape index (κ3) is 1.74. The van der Waals surface area contributed by atoms with Gasteiger partial charge in [-0.15, -0.1) is 0 Å². The summed E-state index contributed by atoms with van der Waals surface area (Å²) in [6.07, 6.45) is 4.65. The molecule has 52 valence electrons. The van der Waals surface area contributed by atoms with Gasteiger partial charge in [0.1, 0.15) is 0 Å². The predicted octanol–water partition coefficient (Wildman–Crippen LogP) is 2.34. The lowest BCUT2D eigenvalue weighted by Gasteiger charge is -2.00. The molecule has 0 amide bonds. The van der Waals surface area contributed by atoms with Gasteiger partial charge >= 0.3 is 0 Å². The smallest absolute Gasteiger partial charge is 0.0922 e. The highest BCUT2D eigenvalue weighted by molar-refractivity contribution is 5.02. The molecule has 0 aromatic rings. The van der Waals surface area contributed by atoms with Gasteiger partial charge in [-0.25, -0.2) is 0 Å². The van der Waals surface area contributed by atoms with Crippen molar-refractivity contribution in [1.82, 2.24) is 0 Å². The molecule has 1 rings (SSSR count). The SMILES string of the molecule is CCOC1=CC(C)CC1. The molecule has 1 heteroatoms. The highest BCUT2D eigenvalue weighted by atomic mass is 16.5. The number of allylic oxidation sites excluding steroid dienone is 2. The van der Waals surface area contributed by atoms with Crippen LogP contribution in [0.5, 0.6) is 0 Å². The molecule has 9 heavy (non-hydrogen) atoms. The second kappa shape index (κ2) is 2.90. The van der Waals surface area contributed by atoms with Crippen molar-refractivity contribution in [2.24, 2.45) is 5.92 Å². The maximum Gasteiger partial charge on any atom is 0.0922 e. The molecule has 1 aliphatic carbocycles. The van der Waals surface area contributed by atoms with Gasteiger partial charge in [0.15, 0.2) is 0 Å². The molecule has 0 radical (unpaired) electrons. The summed E-state index contributed by atoms with van der Waals surface area (Å²) in [5, 5.41) is 0. The molecule has 0 saturated heterocycles. The zero-order valence-corrected chi connectivity index (χ0v) is 6.18. The number of rotatable bonds is 2. The highest BCUT2D eigenvalue weighted by Gasteiger charge is 2.10. The molecule has 0 heterocycles. The fourth-order valence-corrected chi connectivity index (χ4v) is 1.16. The summed E-state index contributed by atoms with van der Waals surface area (Å²) < 4.78 is 5.33. The molecule has 1 nitrogen and oxygen atoms in total. The van der Waals surface area contributed by atoms with E-state index >= 15 is 0 Å². The van der Waals surface area contributed by atoms with Gasteiger partial charge in [0, 0.05) is 6.42 Å². The topological polar surface area (TPSA) is 9.23 Å². The van der Waals surface area contributed by atoms with Crippen LogP contribution in [0.2, 0.25) is 0 Å². The fraction of sp³-hybridized carbons (Fsp3) is 0.750. The predicted molar refractivity (Wildman–Crippen MR) is 38.1 cm³/mol. The van der Waals surface area contributed by atoms with Crippen LogP contribution in [0.4, 0.5) is 0 Å². The van der Waals surface area contributed by atoms with Crippen LogP contribution in [-0.2, 0) is 4.74 Å². The molecule has 1 aliphatic rings. The van der Waals surface area contributed by atoms with Crippen molar-refractivity contribution in [3.05, 3.63) is 11.8 Å². The van der Waals surface area contributed by atoms with E-state index in [1.165, 1.54) is 12.2 Å². The van der Waals surface area contributed by atoms with Gasteiger partial charge in [-0.2, -0.15) is 0 Å². The average Bonchev–Trinajstić information content (AvgIpc) is 2.17. The Balaban J connectivity index is 2.33. The summed E-state index contributed by atoms with van der Waals surface area (Å²) in [4.78, 5) is 0. The molecule has 0 aromatic heterocycles. The normalized spacial score (nSPS) is 26.0. The van der Waals surface area contributed by atoms with E-state index in [1.54, 1.807) is 0 Å². The molecule has 0 spiro atoms. The Morgan fingerprint density at radius 3 is 3.00 bits per heavy atom. The molecular weight excluding hydrogens is 112 g/mol. The molecule has 0 N–H and O–H groups in total. The van der Waals surface area contributed by atoms with Crippen molar-refractivity contribution in [2.75, 3.05) is 6.61 Å². The van der Waals surface area contributed by atoms with Gasteiger partial charge in [-0.1, -0.05) is 6.92 Å². The second-order valence-corrected chi connectivity index (χ2v) is 2.58. The van der Waals surface area contributed by atoms with Gasteiger partial charge in [-0.05, 0) is 25.3 Å². The number of hydrogen-bond acceptors (Lipinski definition) is 1. The minimum Gasteiger partial charge on any atom is -0.499 e. The lowest BCUT2D eigenvalue weighted by molar-refractivity contribution is 0.223. The van der Waals surface area contributed by atoms with E-state index in [2.05, 4.69) is 13.0 Å². The third-order valence-corrected chi connectivity index (χ3v) is 1.65. The van der Waals surface area contributed by atoms with Crippen LogP contribution in [0.1, 0.15) is 26.7 Å². The second-order valence-electron chi connectivity index (χ2n) is 2.58. The van der Waals surface area contributed by atoms with Crippen LogP contribution < -0.4 is 0 Å². The van der Waals surface area contributed by atoms with Crippen LogP contribution in [0.25, 0.3) is 0 Å². The monoisotopic (exact) mass is 126 g/mol. The fourth-order valence-electron chi connectivity index (χ4n) is 1.16. The minimum atomic E-state index is 0.742. The van der Waals surface area contributed by atoms with Crippen molar-refractivity contribution < 1.29 is 4.74 Å². The molecule has 1 unspecified atom stereocenters. The maximum absolute atomic E-state index is 5.33. The molecule has 1 atom stereocenters. The van der Waals surface area contributed by atoms with Crippen molar-refractivity contribution in [1.29, 1.82) is 0 Å². The summed E-state index contributed by atoms with van der Waals surface area (Å²) in [5.41, 5.74) is 0. The Morgan fingerprint density at radius 1 is 1.78 bits per heavy atom. The summed E-state index contributed by atoms with van der Waals surface area (Å²) in [6.45, 7) is 5.08. The summed E-state index contributed by atoms with van der Waals surface area (Å²) in [5.74, 6) is 1.94. The van der Waals surface area contributed by atoms with Gasteiger partial charge < -0.3 is 4.74 Å². The summed E-state index contributed by atoms with van der Waals surface area (Å²) in [6, 6.07) is 0. The Bertz CT molecular complexity index is 116. The van der Waals surface area contributed by atoms with E-state index in [-0.39, 0.29) is 0 Å². The molecule has 0 saturated carbocycles. The van der Waals surface area contributed by atoms with Crippen molar-refractivity contribution >= 4 is 0 Å². The highest BCUT2D eigenvalue weighted by Crippen LogP contribution is 2.23. The summed E-state index contributed by atoms with van der Waals surface area (Å²) >= 11 is 0. The third-order valence-electron chi connectivity index (χ3n) is 1.65. The van der Waals surface area contributed by atoms with Crippen LogP contribution in [0.15, 0.2) is 11.8 Å². The average molecular weight is 126 g/mol. The van der Waals surface area contributed by atoms with Crippen LogP contribution >= 0.6 is 0 Å². The quantitative estimate of drug-likeness (QED) is 0.551. The first-order chi connectivity index (χ1) is 4.33. The first kappa shape index (κ1) is 6.66. The van der Waals surface area contributed by atoms with E-state index in [0.717, 1.165) is 18.9 Å². The molecule has 0 fully saturated rings. The standard InChI is InChI=1S/C8H14O/c1-3-9-8-5-4-7(2)6-8/h6-7H,3-5H2,1-2H3. The van der Waals surface area contributed by atoms with Crippen LogP contribution in [0, 0.1) is 5.92 Å². The molecule has 0 bridgehead atoms. The van der Waals surface area contributed by atoms with E-state index in [0.29, 0.717) is 0 Å². The molecule has 0 aliphatic heterocycles. The Morgan fingerprint density at radius 2 is 2.56 bits per heavy atom. The van der Waals surface area contributed by atoms with Crippen LogP contribution in [-0.4, -0.2) is 6.61 Å². The lowest BCUT2D eigenvalue weighted by atomic mass is 10.2. The first-order valence-electron chi connectivity index (χ1n) is 3.66. The molecule has 0 aromatic carbocycles. The zero-order valence-electron chi connectivity index (χ0n) is 6.18. The van der Waals surface area contributed by atoms with Crippen molar-refractivity contribution in [3.8, 4) is 0 Å². The van der Waals surface area contributed by atoms with Gasteiger partial charge in [-0.3, -0.25) is 0 Å². The van der Waals surface area contributed by atoms with E-state index in [1.807, 2.05) is 6.92 Å². The first-order valence-corrected chi connectivity index (χ1v) is 3.66. The van der Waals surface area contributed by atoms with E-state index < -0.39 is 0 Å². The lowest BCUT2D eigenvalue weighted by Crippen LogP contribution is -1.85. The van der Waals surface area contributed by atoms with E-state index in [9.17, 15) is 0 Å². The number of hydrogen-bond donors (Lipinski definition) is 0. The molecular formula is C8H14O. The largest absolute Gasteiger partial charge is 0.499 e. The summed E-state index contributed by atoms with van der Waals surface area (Å²) in [7, 11) is 0. The Kier molecular flexibility index (Phi) is 2.15. The van der Waals surface area contributed by atoms with Crippen molar-refractivity contribution in [3.63, 3.8) is 0 Å². The number of ether oxygens (including phenoxy) is 1.